The van der Waals surface area contributed by atoms with Gasteiger partial charge in [0, 0.05) is 24.7 Å². The average Bonchev–Trinajstić information content (AvgIpc) is 2.43. The summed E-state index contributed by atoms with van der Waals surface area (Å²) < 4.78 is 0. The van der Waals surface area contributed by atoms with E-state index in [-0.39, 0.29) is 0 Å². The molecule has 0 spiro atoms. The zero-order valence-electron chi connectivity index (χ0n) is 12.2. The normalized spacial score (nSPS) is 22.4. The molecule has 110 valence electrons. The Morgan fingerprint density at radius 2 is 2.05 bits per heavy atom. The first kappa shape index (κ1) is 15.6. The zero-order chi connectivity index (χ0) is 14.5. The molecule has 2 rings (SSSR count). The molecular formula is C16H23ClN2S. The second-order valence-electron chi connectivity index (χ2n) is 5.77. The van der Waals surface area contributed by atoms with E-state index in [0.29, 0.717) is 12.0 Å². The monoisotopic (exact) mass is 310 g/mol. The summed E-state index contributed by atoms with van der Waals surface area (Å²) in [5.41, 5.74) is 1.11. The summed E-state index contributed by atoms with van der Waals surface area (Å²) in [4.78, 5) is 2.07. The number of nitrogens with one attached hydrogen (secondary N) is 1. The van der Waals surface area contributed by atoms with Crippen LogP contribution >= 0.6 is 23.8 Å². The molecule has 2 nitrogen and oxygen atoms in total. The van der Waals surface area contributed by atoms with Crippen molar-refractivity contribution < 1.29 is 0 Å². The fourth-order valence-corrected chi connectivity index (χ4v) is 3.16. The molecule has 0 aromatic heterocycles. The Morgan fingerprint density at radius 1 is 1.35 bits per heavy atom. The third-order valence-electron chi connectivity index (χ3n) is 4.13. The lowest BCUT2D eigenvalue weighted by Crippen LogP contribution is -2.46. The zero-order valence-corrected chi connectivity index (χ0v) is 13.8. The van der Waals surface area contributed by atoms with Crippen molar-refractivity contribution in [1.29, 1.82) is 0 Å². The molecule has 1 aliphatic carbocycles. The molecule has 4 heteroatoms. The third-order valence-corrected chi connectivity index (χ3v) is 4.93. The fraction of sp³-hybridized carbons (Fsp3) is 0.562. The lowest BCUT2D eigenvalue weighted by atomic mass is 9.86. The molecule has 0 heterocycles. The van der Waals surface area contributed by atoms with E-state index < -0.39 is 0 Å². The Hall–Kier alpha value is -0.800. The summed E-state index contributed by atoms with van der Waals surface area (Å²) >= 11 is 11.7. The van der Waals surface area contributed by atoms with E-state index in [1.807, 2.05) is 31.3 Å². The van der Waals surface area contributed by atoms with Crippen LogP contribution in [0.2, 0.25) is 5.02 Å². The van der Waals surface area contributed by atoms with Gasteiger partial charge in [0.1, 0.15) is 0 Å². The molecule has 0 saturated heterocycles. The third kappa shape index (κ3) is 4.10. The van der Waals surface area contributed by atoms with Crippen molar-refractivity contribution >= 4 is 28.9 Å². The van der Waals surface area contributed by atoms with Crippen molar-refractivity contribution in [3.8, 4) is 0 Å². The molecule has 1 saturated carbocycles. The van der Waals surface area contributed by atoms with Crippen molar-refractivity contribution in [2.24, 2.45) is 5.92 Å². The lowest BCUT2D eigenvalue weighted by Gasteiger charge is -2.33. The SMILES string of the molecule is C[C@H]1CCCC[C@H]1NC(=S)N(C)Cc1ccccc1Cl. The van der Waals surface area contributed by atoms with Crippen molar-refractivity contribution in [3.05, 3.63) is 34.9 Å². The average molecular weight is 311 g/mol. The van der Waals surface area contributed by atoms with Gasteiger partial charge in [0.25, 0.3) is 0 Å². The van der Waals surface area contributed by atoms with Crippen molar-refractivity contribution in [2.45, 2.75) is 45.2 Å². The first-order valence-corrected chi connectivity index (χ1v) is 8.11. The summed E-state index contributed by atoms with van der Waals surface area (Å²) in [6.07, 6.45) is 5.18. The van der Waals surface area contributed by atoms with E-state index in [1.165, 1.54) is 25.7 Å². The van der Waals surface area contributed by atoms with E-state index in [4.69, 9.17) is 23.8 Å². The van der Waals surface area contributed by atoms with Gasteiger partial charge < -0.3 is 10.2 Å². The molecule has 0 unspecified atom stereocenters. The molecule has 1 N–H and O–H groups in total. The summed E-state index contributed by atoms with van der Waals surface area (Å²) in [5, 5.41) is 5.14. The van der Waals surface area contributed by atoms with Crippen LogP contribution in [0.1, 0.15) is 38.2 Å². The number of nitrogens with zero attached hydrogens (tertiary/aromatic N) is 1. The molecule has 20 heavy (non-hydrogen) atoms. The maximum Gasteiger partial charge on any atom is 0.169 e. The van der Waals surface area contributed by atoms with Gasteiger partial charge in [0.15, 0.2) is 5.11 Å². The highest BCUT2D eigenvalue weighted by Crippen LogP contribution is 2.24. The largest absolute Gasteiger partial charge is 0.360 e. The van der Waals surface area contributed by atoms with Crippen LogP contribution in [0.5, 0.6) is 0 Å². The maximum absolute atomic E-state index is 6.20. The van der Waals surface area contributed by atoms with Gasteiger partial charge in [0.2, 0.25) is 0 Å². The Labute approximate surface area is 132 Å². The van der Waals surface area contributed by atoms with Crippen LogP contribution in [0, 0.1) is 5.92 Å². The number of hydrogen-bond donors (Lipinski definition) is 1. The highest BCUT2D eigenvalue weighted by molar-refractivity contribution is 7.80. The number of rotatable bonds is 3. The fourth-order valence-electron chi connectivity index (χ4n) is 2.75. The molecule has 0 aliphatic heterocycles. The molecule has 1 aliphatic rings. The van der Waals surface area contributed by atoms with Crippen molar-refractivity contribution in [2.75, 3.05) is 7.05 Å². The Kier molecular flexibility index (Phi) is 5.67. The van der Waals surface area contributed by atoms with Crippen molar-refractivity contribution in [1.82, 2.24) is 10.2 Å². The van der Waals surface area contributed by atoms with Crippen LogP contribution in [-0.4, -0.2) is 23.1 Å². The van der Waals surface area contributed by atoms with Gasteiger partial charge in [-0.15, -0.1) is 0 Å². The van der Waals surface area contributed by atoms with Crippen LogP contribution in [0.4, 0.5) is 0 Å². The Bertz CT molecular complexity index is 464. The van der Waals surface area contributed by atoms with Gasteiger partial charge in [-0.3, -0.25) is 0 Å². The molecule has 1 fully saturated rings. The first-order chi connectivity index (χ1) is 9.58. The van der Waals surface area contributed by atoms with Crippen molar-refractivity contribution in [3.63, 3.8) is 0 Å². The smallest absolute Gasteiger partial charge is 0.169 e. The molecule has 0 bridgehead atoms. The number of thiocarbonyl (C=S) groups is 1. The first-order valence-electron chi connectivity index (χ1n) is 7.33. The van der Waals surface area contributed by atoms with Gasteiger partial charge in [-0.2, -0.15) is 0 Å². The van der Waals surface area contributed by atoms with Gasteiger partial charge in [-0.1, -0.05) is 49.6 Å². The van der Waals surface area contributed by atoms with E-state index >= 15 is 0 Å². The second kappa shape index (κ2) is 7.28. The molecule has 1 aromatic rings. The van der Waals surface area contributed by atoms with Gasteiger partial charge in [-0.05, 0) is 42.6 Å². The van der Waals surface area contributed by atoms with Crippen LogP contribution < -0.4 is 5.32 Å². The molecule has 2 atom stereocenters. The highest BCUT2D eigenvalue weighted by atomic mass is 35.5. The van der Waals surface area contributed by atoms with E-state index in [0.717, 1.165) is 22.2 Å². The van der Waals surface area contributed by atoms with Crippen LogP contribution in [0.25, 0.3) is 0 Å². The lowest BCUT2D eigenvalue weighted by molar-refractivity contribution is 0.300. The summed E-state index contributed by atoms with van der Waals surface area (Å²) in [6, 6.07) is 8.45. The molecule has 0 amide bonds. The quantitative estimate of drug-likeness (QED) is 0.841. The predicted molar refractivity (Wildman–Crippen MR) is 90.1 cm³/mol. The minimum Gasteiger partial charge on any atom is -0.360 e. The molecule has 0 radical (unpaired) electrons. The van der Waals surface area contributed by atoms with Gasteiger partial charge in [-0.25, -0.2) is 0 Å². The summed E-state index contributed by atoms with van der Waals surface area (Å²) in [7, 11) is 2.02. The van der Waals surface area contributed by atoms with Crippen LogP contribution in [-0.2, 0) is 6.54 Å². The van der Waals surface area contributed by atoms with E-state index in [2.05, 4.69) is 17.1 Å². The van der Waals surface area contributed by atoms with Crippen LogP contribution in [0.3, 0.4) is 0 Å². The van der Waals surface area contributed by atoms with E-state index in [9.17, 15) is 0 Å². The van der Waals surface area contributed by atoms with Gasteiger partial charge in [0.05, 0.1) is 0 Å². The number of hydrogen-bond acceptors (Lipinski definition) is 1. The molecular weight excluding hydrogens is 288 g/mol. The minimum atomic E-state index is 0.518. The van der Waals surface area contributed by atoms with E-state index in [1.54, 1.807) is 0 Å². The standard InChI is InChI=1S/C16H23ClN2S/c1-12-7-3-6-10-15(12)18-16(20)19(2)11-13-8-4-5-9-14(13)17/h4-5,8-9,12,15H,3,6-7,10-11H2,1-2H3,(H,18,20)/t12-,15+/m0/s1. The summed E-state index contributed by atoms with van der Waals surface area (Å²) in [5.74, 6) is 0.704. The number of benzene rings is 1. The number of halogens is 1. The summed E-state index contributed by atoms with van der Waals surface area (Å²) in [6.45, 7) is 3.06. The Balaban J connectivity index is 1.90. The minimum absolute atomic E-state index is 0.518. The molecule has 1 aromatic carbocycles. The Morgan fingerprint density at radius 3 is 2.75 bits per heavy atom. The maximum atomic E-state index is 6.20. The second-order valence-corrected chi connectivity index (χ2v) is 6.56. The predicted octanol–water partition coefficient (Wildman–Crippen LogP) is 4.23. The van der Waals surface area contributed by atoms with Crippen LogP contribution in [0.15, 0.2) is 24.3 Å². The van der Waals surface area contributed by atoms with Gasteiger partial charge >= 0.3 is 0 Å². The topological polar surface area (TPSA) is 15.3 Å². The highest BCUT2D eigenvalue weighted by Gasteiger charge is 2.22.